The average Bonchev–Trinajstić information content (AvgIpc) is 3.66. The first kappa shape index (κ1) is 34.4. The number of aromatic nitrogens is 4. The van der Waals surface area contributed by atoms with Crippen LogP contribution in [-0.2, 0) is 14.3 Å². The summed E-state index contributed by atoms with van der Waals surface area (Å²) in [4.78, 5) is 15.2. The first-order chi connectivity index (χ1) is 22.5. The Hall–Kier alpha value is -2.04. The third-order valence-electron chi connectivity index (χ3n) is 16.3. The van der Waals surface area contributed by atoms with Crippen LogP contribution in [0.3, 0.4) is 0 Å². The second-order valence-corrected chi connectivity index (χ2v) is 18.7. The Balaban J connectivity index is 1.28. The van der Waals surface area contributed by atoms with E-state index in [0.717, 1.165) is 57.8 Å². The summed E-state index contributed by atoms with van der Waals surface area (Å²) in [5.74, 6) is 0.549. The van der Waals surface area contributed by atoms with Gasteiger partial charge in [-0.25, -0.2) is 0 Å². The molecule has 1 saturated heterocycles. The molecule has 1 aromatic heterocycles. The molecule has 268 valence electrons. The molecule has 1 aliphatic heterocycles. The zero-order valence-electron chi connectivity index (χ0n) is 30.6. The molecule has 10 nitrogen and oxygen atoms in total. The number of hydrogen-bond donors (Lipinski definition) is 3. The maximum atomic E-state index is 13.4. The smallest absolute Gasteiger partial charge is 0.307 e. The molecule has 5 fully saturated rings. The number of allylic oxidation sites excluding steroid dienone is 1. The maximum Gasteiger partial charge on any atom is 0.307 e. The molecule has 0 radical (unpaired) electrons. The van der Waals surface area contributed by atoms with Gasteiger partial charge in [0.25, 0.3) is 5.95 Å². The summed E-state index contributed by atoms with van der Waals surface area (Å²) in [6, 6.07) is -0.147. The second-order valence-electron chi connectivity index (χ2n) is 18.7. The number of nitrogens with two attached hydrogens (primary N) is 2. The lowest BCUT2D eigenvalue weighted by molar-refractivity contribution is -0.251. The van der Waals surface area contributed by atoms with Crippen molar-refractivity contribution in [1.29, 1.82) is 0 Å². The number of carboxylic acid groups (broad SMARTS) is 1. The van der Waals surface area contributed by atoms with E-state index in [-0.39, 0.29) is 50.7 Å². The number of hydrogen-bond acceptors (Lipinski definition) is 8. The van der Waals surface area contributed by atoms with Gasteiger partial charge in [-0.3, -0.25) is 4.79 Å². The lowest BCUT2D eigenvalue weighted by Gasteiger charge is -2.71. The van der Waals surface area contributed by atoms with E-state index in [0.29, 0.717) is 43.5 Å². The highest BCUT2D eigenvalue weighted by atomic mass is 16.5. The molecule has 48 heavy (non-hydrogen) atoms. The Kier molecular flexibility index (Phi) is 8.24. The number of fused-ring (bicyclic) bond motifs is 3. The van der Waals surface area contributed by atoms with E-state index in [9.17, 15) is 9.90 Å². The van der Waals surface area contributed by atoms with Crippen molar-refractivity contribution in [3.63, 3.8) is 0 Å². The Morgan fingerprint density at radius 2 is 1.81 bits per heavy atom. The molecule has 2 heterocycles. The fourth-order valence-corrected chi connectivity index (χ4v) is 13.2. The Bertz CT molecular complexity index is 1440. The molecule has 7 rings (SSSR count). The van der Waals surface area contributed by atoms with Crippen LogP contribution in [0.4, 0.5) is 5.95 Å². The van der Waals surface area contributed by atoms with Crippen molar-refractivity contribution < 1.29 is 19.4 Å². The van der Waals surface area contributed by atoms with Crippen molar-refractivity contribution >= 4 is 11.9 Å². The molecule has 0 amide bonds. The van der Waals surface area contributed by atoms with E-state index >= 15 is 0 Å². The first-order valence-corrected chi connectivity index (χ1v) is 19.0. The van der Waals surface area contributed by atoms with Crippen molar-refractivity contribution in [2.45, 2.75) is 137 Å². The summed E-state index contributed by atoms with van der Waals surface area (Å²) in [6.45, 7) is 18.1. The minimum Gasteiger partial charge on any atom is -0.481 e. The van der Waals surface area contributed by atoms with Crippen molar-refractivity contribution in [2.24, 2.45) is 62.4 Å². The van der Waals surface area contributed by atoms with Crippen molar-refractivity contribution in [2.75, 3.05) is 25.6 Å². The van der Waals surface area contributed by atoms with Gasteiger partial charge in [0.15, 0.2) is 0 Å². The van der Waals surface area contributed by atoms with Crippen LogP contribution in [0.5, 0.6) is 0 Å². The van der Waals surface area contributed by atoms with E-state index in [1.54, 1.807) is 4.80 Å². The van der Waals surface area contributed by atoms with E-state index < -0.39 is 11.9 Å². The van der Waals surface area contributed by atoms with Crippen LogP contribution in [0.15, 0.2) is 11.6 Å². The van der Waals surface area contributed by atoms with E-state index in [4.69, 9.17) is 20.9 Å². The predicted molar refractivity (Wildman–Crippen MR) is 185 cm³/mol. The first-order valence-electron chi connectivity index (χ1n) is 19.0. The molecule has 10 heteroatoms. The van der Waals surface area contributed by atoms with Gasteiger partial charge in [0.05, 0.1) is 25.2 Å². The summed E-state index contributed by atoms with van der Waals surface area (Å²) >= 11 is 0. The number of carboxylic acids is 1. The molecular formula is C38H62N6O4. The number of tetrazole rings is 1. The van der Waals surface area contributed by atoms with Crippen molar-refractivity contribution in [3.8, 4) is 0 Å². The van der Waals surface area contributed by atoms with Gasteiger partial charge in [0, 0.05) is 23.0 Å². The minimum atomic E-state index is -0.625. The largest absolute Gasteiger partial charge is 0.481 e. The van der Waals surface area contributed by atoms with Crippen LogP contribution < -0.4 is 11.5 Å². The number of nitrogen functional groups attached to an aromatic ring is 1. The third-order valence-corrected chi connectivity index (χ3v) is 16.3. The van der Waals surface area contributed by atoms with Crippen LogP contribution >= 0.6 is 0 Å². The van der Waals surface area contributed by atoms with Crippen molar-refractivity contribution in [3.05, 3.63) is 11.6 Å². The molecule has 0 spiro atoms. The lowest BCUT2D eigenvalue weighted by atomic mass is 9.34. The Labute approximate surface area is 287 Å². The van der Waals surface area contributed by atoms with Gasteiger partial charge >= 0.3 is 5.97 Å². The van der Waals surface area contributed by atoms with Gasteiger partial charge in [-0.15, -0.1) is 5.10 Å². The third kappa shape index (κ3) is 4.73. The average molecular weight is 667 g/mol. The fourth-order valence-electron chi connectivity index (χ4n) is 13.2. The normalized spacial score (nSPS) is 45.5. The number of nitrogens with zero attached hydrogens (tertiary/aromatic N) is 4. The molecule has 0 unspecified atom stereocenters. The van der Waals surface area contributed by atoms with Gasteiger partial charge in [-0.05, 0) is 103 Å². The molecule has 0 aromatic carbocycles. The Morgan fingerprint density at radius 3 is 2.46 bits per heavy atom. The Morgan fingerprint density at radius 1 is 1.08 bits per heavy atom. The molecule has 5 N–H and O–H groups in total. The van der Waals surface area contributed by atoms with E-state index in [1.807, 2.05) is 0 Å². The van der Waals surface area contributed by atoms with Crippen LogP contribution in [0, 0.1) is 56.7 Å². The molecule has 2 bridgehead atoms. The minimum absolute atomic E-state index is 0.139. The number of ether oxygens (including phenoxy) is 2. The number of anilines is 1. The number of rotatable bonds is 8. The highest BCUT2D eigenvalue weighted by Gasteiger charge is 2.72. The standard InChI is InChI=1S/C38H62N6O4/c1-23(2)24(3)33(4)16-17-35(6)25-10-11-28-34(5)21-47-22-38(28,26(25)12-15-36(35,7)29(33)31(45)46)20-27(44-42-32(39)41-43-44)30(34)48-19-18-37(40)13-8-9-14-37/h12,23-25,27-30H,8-11,13-22,40H2,1-7H3,(H2,39,42)(H,45,46)/t24-,25+,27-,28+,29-,30+,33-,34-,35-,36+,38+/m1/s1. The molecule has 6 aliphatic rings. The SMILES string of the molecule is CC(C)[C@@H](C)[C@@]1(C)CC[C@]2(C)[C@H]3CC[C@@H]4[C@@]5(COC[C@@]4(C)[C@@H](OCCC4(N)CCCC4)[C@H](n4nnc(N)n4)C5)C3=CC[C@@]2(C)[C@@H]1C(=O)O. The van der Waals surface area contributed by atoms with Gasteiger partial charge in [0.2, 0.25) is 0 Å². The molecular weight excluding hydrogens is 604 g/mol. The molecule has 4 saturated carbocycles. The van der Waals surface area contributed by atoms with Crippen LogP contribution in [-0.4, -0.2) is 62.7 Å². The zero-order chi connectivity index (χ0) is 34.5. The molecule has 5 aliphatic carbocycles. The lowest BCUT2D eigenvalue weighted by Crippen LogP contribution is -2.69. The monoisotopic (exact) mass is 666 g/mol. The predicted octanol–water partition coefficient (Wildman–Crippen LogP) is 6.43. The summed E-state index contributed by atoms with van der Waals surface area (Å²) in [5, 5.41) is 24.2. The van der Waals surface area contributed by atoms with E-state index in [1.165, 1.54) is 18.4 Å². The summed E-state index contributed by atoms with van der Waals surface area (Å²) in [7, 11) is 0. The molecule has 1 aromatic rings. The zero-order valence-corrected chi connectivity index (χ0v) is 30.6. The van der Waals surface area contributed by atoms with Gasteiger partial charge < -0.3 is 26.0 Å². The van der Waals surface area contributed by atoms with Gasteiger partial charge in [-0.2, -0.15) is 4.80 Å². The molecule has 11 atom stereocenters. The van der Waals surface area contributed by atoms with E-state index in [2.05, 4.69) is 70.0 Å². The fraction of sp³-hybridized carbons (Fsp3) is 0.895. The highest BCUT2D eigenvalue weighted by molar-refractivity contribution is 5.73. The number of aliphatic carboxylic acids is 1. The quantitative estimate of drug-likeness (QED) is 0.267. The maximum absolute atomic E-state index is 13.4. The highest BCUT2D eigenvalue weighted by Crippen LogP contribution is 2.75. The second kappa shape index (κ2) is 11.5. The summed E-state index contributed by atoms with van der Waals surface area (Å²) in [6.07, 6.45) is 13.4. The van der Waals surface area contributed by atoms with Gasteiger partial charge in [-0.1, -0.05) is 78.1 Å². The van der Waals surface area contributed by atoms with Crippen molar-refractivity contribution in [1.82, 2.24) is 20.2 Å². The summed E-state index contributed by atoms with van der Waals surface area (Å²) < 4.78 is 13.7. The van der Waals surface area contributed by atoms with Gasteiger partial charge in [0.1, 0.15) is 6.04 Å². The summed E-state index contributed by atoms with van der Waals surface area (Å²) in [5.41, 5.74) is 13.0. The van der Waals surface area contributed by atoms with Crippen LogP contribution in [0.25, 0.3) is 0 Å². The number of carbonyl (C=O) groups is 1. The topological polar surface area (TPSA) is 151 Å². The van der Waals surface area contributed by atoms with Crippen LogP contribution in [0.2, 0.25) is 0 Å². The van der Waals surface area contributed by atoms with Crippen LogP contribution in [0.1, 0.15) is 125 Å².